The molecule has 1 aromatic heterocycles. The Morgan fingerprint density at radius 1 is 1.10 bits per heavy atom. The van der Waals surface area contributed by atoms with E-state index < -0.39 is 4.92 Å². The molecule has 0 aliphatic carbocycles. The summed E-state index contributed by atoms with van der Waals surface area (Å²) < 4.78 is 0. The van der Waals surface area contributed by atoms with Crippen molar-refractivity contribution in [2.24, 2.45) is 0 Å². The molecule has 0 bridgehead atoms. The molecule has 1 atom stereocenters. The quantitative estimate of drug-likeness (QED) is 0.443. The number of rotatable bonds is 6. The summed E-state index contributed by atoms with van der Waals surface area (Å²) in [5, 5.41) is 13.9. The molecule has 0 radical (unpaired) electrons. The van der Waals surface area contributed by atoms with Crippen LogP contribution in [0.4, 0.5) is 11.4 Å². The normalized spacial score (nSPS) is 11.6. The summed E-state index contributed by atoms with van der Waals surface area (Å²) >= 11 is 1.11. The first-order chi connectivity index (χ1) is 14.3. The van der Waals surface area contributed by atoms with Gasteiger partial charge in [0.05, 0.1) is 20.7 Å². The molecular weight excluding hydrogens is 402 g/mol. The Morgan fingerprint density at radius 3 is 2.43 bits per heavy atom. The van der Waals surface area contributed by atoms with E-state index in [4.69, 9.17) is 0 Å². The fourth-order valence-corrected chi connectivity index (χ4v) is 3.97. The molecule has 0 spiro atoms. The molecular formula is C22H21N3O4S. The number of nitro groups is 1. The van der Waals surface area contributed by atoms with E-state index in [9.17, 15) is 19.7 Å². The van der Waals surface area contributed by atoms with E-state index in [0.717, 1.165) is 16.9 Å². The Bertz CT molecular complexity index is 1090. The summed E-state index contributed by atoms with van der Waals surface area (Å²) in [6.45, 7) is 3.49. The number of benzene rings is 2. The lowest BCUT2D eigenvalue weighted by Gasteiger charge is -2.25. The summed E-state index contributed by atoms with van der Waals surface area (Å²) in [5.41, 5.74) is 1.96. The first-order valence-corrected chi connectivity index (χ1v) is 10.1. The third-order valence-electron chi connectivity index (χ3n) is 4.86. The fourth-order valence-electron chi connectivity index (χ4n) is 3.00. The van der Waals surface area contributed by atoms with Crippen LogP contribution in [0.5, 0.6) is 0 Å². The lowest BCUT2D eigenvalue weighted by Crippen LogP contribution is -2.29. The van der Waals surface area contributed by atoms with E-state index in [-0.39, 0.29) is 23.5 Å². The predicted octanol–water partition coefficient (Wildman–Crippen LogP) is 5.05. The number of carbonyl (C=O) groups is 2. The van der Waals surface area contributed by atoms with Crippen LogP contribution in [0, 0.1) is 17.0 Å². The predicted molar refractivity (Wildman–Crippen MR) is 117 cm³/mol. The molecule has 8 heteroatoms. The molecule has 0 aliphatic rings. The smallest absolute Gasteiger partial charge is 0.283 e. The van der Waals surface area contributed by atoms with Crippen molar-refractivity contribution in [3.63, 3.8) is 0 Å². The van der Waals surface area contributed by atoms with Gasteiger partial charge in [-0.1, -0.05) is 30.3 Å². The molecule has 1 heterocycles. The monoisotopic (exact) mass is 423 g/mol. The second kappa shape index (κ2) is 8.87. The third-order valence-corrected chi connectivity index (χ3v) is 5.89. The SMILES string of the molecule is Cc1sc(C(=O)N(C)C(C)c2cccc(NC(=O)c3ccccc3)c2)cc1[N+](=O)[O-]. The van der Waals surface area contributed by atoms with Crippen molar-refractivity contribution in [3.05, 3.63) is 91.7 Å². The standard InChI is InChI=1S/C22H21N3O4S/c1-14(24(3)22(27)20-13-19(25(28)29)15(2)30-20)17-10-7-11-18(12-17)23-21(26)16-8-5-4-6-9-16/h4-14H,1-3H3,(H,23,26). The van der Waals surface area contributed by atoms with Gasteiger partial charge in [-0.25, -0.2) is 0 Å². The zero-order valence-electron chi connectivity index (χ0n) is 16.8. The molecule has 30 heavy (non-hydrogen) atoms. The Labute approximate surface area is 178 Å². The molecule has 0 aliphatic heterocycles. The van der Waals surface area contributed by atoms with E-state index in [1.165, 1.54) is 11.0 Å². The van der Waals surface area contributed by atoms with Gasteiger partial charge in [0.1, 0.15) is 0 Å². The minimum absolute atomic E-state index is 0.0463. The van der Waals surface area contributed by atoms with Crippen molar-refractivity contribution >= 4 is 34.5 Å². The lowest BCUT2D eigenvalue weighted by atomic mass is 10.1. The van der Waals surface area contributed by atoms with Crippen molar-refractivity contribution < 1.29 is 14.5 Å². The van der Waals surface area contributed by atoms with E-state index in [1.54, 1.807) is 44.3 Å². The zero-order chi connectivity index (χ0) is 21.8. The van der Waals surface area contributed by atoms with Crippen molar-refractivity contribution in [2.75, 3.05) is 12.4 Å². The minimum atomic E-state index is -0.481. The Hall–Kier alpha value is -3.52. The summed E-state index contributed by atoms with van der Waals surface area (Å²) in [5.74, 6) is -0.506. The van der Waals surface area contributed by atoms with Crippen molar-refractivity contribution in [1.82, 2.24) is 4.90 Å². The maximum absolute atomic E-state index is 12.8. The molecule has 0 fully saturated rings. The van der Waals surface area contributed by atoms with E-state index in [0.29, 0.717) is 21.0 Å². The van der Waals surface area contributed by atoms with Crippen LogP contribution in [-0.4, -0.2) is 28.7 Å². The van der Waals surface area contributed by atoms with Crippen LogP contribution >= 0.6 is 11.3 Å². The van der Waals surface area contributed by atoms with Crippen LogP contribution in [-0.2, 0) is 0 Å². The van der Waals surface area contributed by atoms with Gasteiger partial charge in [0, 0.05) is 24.4 Å². The molecule has 7 nitrogen and oxygen atoms in total. The fraction of sp³-hybridized carbons (Fsp3) is 0.182. The van der Waals surface area contributed by atoms with Gasteiger partial charge >= 0.3 is 0 Å². The van der Waals surface area contributed by atoms with Gasteiger partial charge in [0.2, 0.25) is 0 Å². The van der Waals surface area contributed by atoms with Crippen molar-refractivity contribution in [2.45, 2.75) is 19.9 Å². The summed E-state index contributed by atoms with van der Waals surface area (Å²) in [7, 11) is 1.66. The van der Waals surface area contributed by atoms with Crippen LogP contribution in [0.1, 0.15) is 43.4 Å². The molecule has 3 rings (SSSR count). The number of nitrogens with zero attached hydrogens (tertiary/aromatic N) is 2. The van der Waals surface area contributed by atoms with Gasteiger partial charge in [0.15, 0.2) is 0 Å². The molecule has 3 aromatic rings. The number of nitrogens with one attached hydrogen (secondary N) is 1. The van der Waals surface area contributed by atoms with E-state index in [1.807, 2.05) is 31.2 Å². The van der Waals surface area contributed by atoms with Crippen LogP contribution in [0.25, 0.3) is 0 Å². The Morgan fingerprint density at radius 2 is 1.80 bits per heavy atom. The first kappa shape index (κ1) is 21.2. The average molecular weight is 423 g/mol. The van der Waals surface area contributed by atoms with Gasteiger partial charge in [-0.05, 0) is 43.7 Å². The molecule has 2 amide bonds. The van der Waals surface area contributed by atoms with Gasteiger partial charge in [-0.2, -0.15) is 0 Å². The van der Waals surface area contributed by atoms with E-state index >= 15 is 0 Å². The summed E-state index contributed by atoms with van der Waals surface area (Å²) in [6, 6.07) is 17.2. The Balaban J connectivity index is 1.76. The maximum atomic E-state index is 12.8. The maximum Gasteiger partial charge on any atom is 0.283 e. The second-order valence-corrected chi connectivity index (χ2v) is 8.10. The van der Waals surface area contributed by atoms with Crippen LogP contribution in [0.2, 0.25) is 0 Å². The highest BCUT2D eigenvalue weighted by Crippen LogP contribution is 2.31. The van der Waals surface area contributed by atoms with Gasteiger partial charge in [0.25, 0.3) is 17.5 Å². The highest BCUT2D eigenvalue weighted by Gasteiger charge is 2.25. The highest BCUT2D eigenvalue weighted by molar-refractivity contribution is 7.14. The van der Waals surface area contributed by atoms with Crippen LogP contribution in [0.15, 0.2) is 60.7 Å². The topological polar surface area (TPSA) is 92.6 Å². The van der Waals surface area contributed by atoms with Crippen molar-refractivity contribution in [3.8, 4) is 0 Å². The molecule has 2 aromatic carbocycles. The molecule has 1 unspecified atom stereocenters. The average Bonchev–Trinajstić information content (AvgIpc) is 3.15. The molecule has 1 N–H and O–H groups in total. The number of hydrogen-bond acceptors (Lipinski definition) is 5. The lowest BCUT2D eigenvalue weighted by molar-refractivity contribution is -0.385. The number of thiophene rings is 1. The number of anilines is 1. The van der Waals surface area contributed by atoms with Crippen LogP contribution < -0.4 is 5.32 Å². The molecule has 154 valence electrons. The molecule has 0 saturated heterocycles. The van der Waals surface area contributed by atoms with Crippen molar-refractivity contribution in [1.29, 1.82) is 0 Å². The zero-order valence-corrected chi connectivity index (χ0v) is 17.6. The van der Waals surface area contributed by atoms with Crippen LogP contribution in [0.3, 0.4) is 0 Å². The summed E-state index contributed by atoms with van der Waals surface area (Å²) in [6.07, 6.45) is 0. The van der Waals surface area contributed by atoms with Gasteiger partial charge in [-0.15, -0.1) is 11.3 Å². The van der Waals surface area contributed by atoms with Gasteiger partial charge < -0.3 is 10.2 Å². The van der Waals surface area contributed by atoms with E-state index in [2.05, 4.69) is 5.32 Å². The number of aryl methyl sites for hydroxylation is 1. The third kappa shape index (κ3) is 4.55. The highest BCUT2D eigenvalue weighted by atomic mass is 32.1. The molecule has 0 saturated carbocycles. The number of hydrogen-bond donors (Lipinski definition) is 1. The number of amides is 2. The largest absolute Gasteiger partial charge is 0.334 e. The minimum Gasteiger partial charge on any atom is -0.334 e. The second-order valence-electron chi connectivity index (χ2n) is 6.85. The summed E-state index contributed by atoms with van der Waals surface area (Å²) in [4.78, 5) is 38.2. The number of carbonyl (C=O) groups excluding carboxylic acids is 2. The first-order valence-electron chi connectivity index (χ1n) is 9.26. The van der Waals surface area contributed by atoms with Gasteiger partial charge in [-0.3, -0.25) is 19.7 Å². The Kier molecular flexibility index (Phi) is 6.27.